The van der Waals surface area contributed by atoms with Gasteiger partial charge >= 0.3 is 0 Å². The molecule has 0 saturated heterocycles. The number of carbonyl (C=O) groups excluding carboxylic acids is 2. The smallest absolute Gasteiger partial charge is 0.280 e. The van der Waals surface area contributed by atoms with Gasteiger partial charge in [-0.3, -0.25) is 14.5 Å². The Morgan fingerprint density at radius 2 is 2.00 bits per heavy atom. The van der Waals surface area contributed by atoms with E-state index in [9.17, 15) is 9.59 Å². The van der Waals surface area contributed by atoms with Gasteiger partial charge in [0.05, 0.1) is 0 Å². The summed E-state index contributed by atoms with van der Waals surface area (Å²) in [4.78, 5) is 29.5. The second-order valence-corrected chi connectivity index (χ2v) is 9.49. The van der Waals surface area contributed by atoms with Crippen LogP contribution in [0.4, 0.5) is 5.69 Å². The topological polar surface area (TPSA) is 75.2 Å². The lowest BCUT2D eigenvalue weighted by molar-refractivity contribution is -0.124. The number of nitrogens with one attached hydrogen (secondary N) is 1. The standard InChI is InChI=1S/C22H26N4O2S2/c1-6-22(4,5)23-20(27)19(18-8-7-11-29-18)26(21(28)16-13-30-25-24-16)17-12-14(2)9-10-15(17)3/h7-13,19H,6H2,1-5H3,(H,23,27)/t19-/m0/s1. The highest BCUT2D eigenvalue weighted by atomic mass is 32.1. The normalized spacial score (nSPS) is 12.4. The lowest BCUT2D eigenvalue weighted by Gasteiger charge is -2.34. The van der Waals surface area contributed by atoms with Gasteiger partial charge in [0.15, 0.2) is 11.7 Å². The van der Waals surface area contributed by atoms with Crippen molar-refractivity contribution >= 4 is 40.4 Å². The van der Waals surface area contributed by atoms with Crippen LogP contribution in [0.5, 0.6) is 0 Å². The molecule has 0 aliphatic carbocycles. The van der Waals surface area contributed by atoms with Crippen LogP contribution in [0.25, 0.3) is 0 Å². The van der Waals surface area contributed by atoms with Crippen molar-refractivity contribution in [3.8, 4) is 0 Å². The van der Waals surface area contributed by atoms with Crippen molar-refractivity contribution < 1.29 is 9.59 Å². The van der Waals surface area contributed by atoms with E-state index in [0.29, 0.717) is 5.69 Å². The molecule has 2 heterocycles. The third kappa shape index (κ3) is 4.76. The first-order chi connectivity index (χ1) is 14.2. The van der Waals surface area contributed by atoms with E-state index in [1.54, 1.807) is 10.3 Å². The minimum Gasteiger partial charge on any atom is -0.349 e. The number of amides is 2. The molecule has 3 rings (SSSR count). The van der Waals surface area contributed by atoms with Crippen LogP contribution in [0.1, 0.15) is 59.7 Å². The van der Waals surface area contributed by atoms with Gasteiger partial charge in [0.2, 0.25) is 5.91 Å². The van der Waals surface area contributed by atoms with E-state index in [1.807, 2.05) is 70.3 Å². The lowest BCUT2D eigenvalue weighted by Crippen LogP contribution is -2.50. The van der Waals surface area contributed by atoms with E-state index in [0.717, 1.165) is 34.0 Å². The molecule has 0 aliphatic heterocycles. The van der Waals surface area contributed by atoms with Gasteiger partial charge in [-0.25, -0.2) is 0 Å². The number of carbonyl (C=O) groups is 2. The van der Waals surface area contributed by atoms with E-state index in [4.69, 9.17) is 0 Å². The number of rotatable bonds is 7. The highest BCUT2D eigenvalue weighted by Gasteiger charge is 2.37. The van der Waals surface area contributed by atoms with Gasteiger partial charge in [0.25, 0.3) is 5.91 Å². The third-order valence-corrected chi connectivity index (χ3v) is 6.52. The fourth-order valence-electron chi connectivity index (χ4n) is 3.04. The largest absolute Gasteiger partial charge is 0.349 e. The van der Waals surface area contributed by atoms with E-state index in [1.165, 1.54) is 11.3 Å². The molecule has 0 bridgehead atoms. The van der Waals surface area contributed by atoms with E-state index in [-0.39, 0.29) is 17.5 Å². The Morgan fingerprint density at radius 1 is 1.23 bits per heavy atom. The summed E-state index contributed by atoms with van der Waals surface area (Å²) in [5.41, 5.74) is 2.43. The minimum atomic E-state index is -0.814. The summed E-state index contributed by atoms with van der Waals surface area (Å²) in [7, 11) is 0. The Morgan fingerprint density at radius 3 is 2.60 bits per heavy atom. The molecule has 30 heavy (non-hydrogen) atoms. The molecule has 0 radical (unpaired) electrons. The van der Waals surface area contributed by atoms with Crippen LogP contribution < -0.4 is 10.2 Å². The highest BCUT2D eigenvalue weighted by Crippen LogP contribution is 2.35. The molecule has 0 unspecified atom stereocenters. The molecule has 3 aromatic rings. The minimum absolute atomic E-state index is 0.221. The van der Waals surface area contributed by atoms with Gasteiger partial charge in [-0.1, -0.05) is 29.6 Å². The summed E-state index contributed by atoms with van der Waals surface area (Å²) < 4.78 is 3.85. The highest BCUT2D eigenvalue weighted by molar-refractivity contribution is 7.10. The van der Waals surface area contributed by atoms with Gasteiger partial charge in [-0.2, -0.15) is 0 Å². The summed E-state index contributed by atoms with van der Waals surface area (Å²) in [6.45, 7) is 9.88. The van der Waals surface area contributed by atoms with Crippen LogP contribution in [-0.2, 0) is 4.79 Å². The molecule has 0 fully saturated rings. The Hall–Kier alpha value is -2.58. The summed E-state index contributed by atoms with van der Waals surface area (Å²) >= 11 is 2.57. The average molecular weight is 443 g/mol. The molecule has 2 aromatic heterocycles. The maximum absolute atomic E-state index is 13.6. The number of hydrogen-bond donors (Lipinski definition) is 1. The van der Waals surface area contributed by atoms with Crippen LogP contribution in [-0.4, -0.2) is 26.9 Å². The summed E-state index contributed by atoms with van der Waals surface area (Å²) in [6, 6.07) is 8.85. The molecule has 6 nitrogen and oxygen atoms in total. The number of nitrogens with zero attached hydrogens (tertiary/aromatic N) is 3. The van der Waals surface area contributed by atoms with Crippen molar-refractivity contribution in [3.63, 3.8) is 0 Å². The fraction of sp³-hybridized carbons (Fsp3) is 0.364. The Kier molecular flexibility index (Phi) is 6.67. The Balaban J connectivity index is 2.17. The van der Waals surface area contributed by atoms with Crippen molar-refractivity contribution in [1.29, 1.82) is 0 Å². The molecule has 158 valence electrons. The van der Waals surface area contributed by atoms with Crippen LogP contribution in [0.3, 0.4) is 0 Å². The average Bonchev–Trinajstić information content (AvgIpc) is 3.41. The van der Waals surface area contributed by atoms with Crippen LogP contribution in [0, 0.1) is 13.8 Å². The molecule has 0 saturated carbocycles. The number of aromatic nitrogens is 2. The van der Waals surface area contributed by atoms with E-state index >= 15 is 0 Å². The Bertz CT molecular complexity index is 1010. The van der Waals surface area contributed by atoms with Crippen LogP contribution in [0.2, 0.25) is 0 Å². The summed E-state index contributed by atoms with van der Waals surface area (Å²) in [5, 5.41) is 10.6. The van der Waals surface area contributed by atoms with Gasteiger partial charge in [0.1, 0.15) is 0 Å². The molecule has 1 aromatic carbocycles. The van der Waals surface area contributed by atoms with Crippen molar-refractivity contribution in [2.24, 2.45) is 0 Å². The first-order valence-electron chi connectivity index (χ1n) is 9.77. The zero-order chi connectivity index (χ0) is 21.9. The van der Waals surface area contributed by atoms with Crippen LogP contribution in [0.15, 0.2) is 41.1 Å². The second-order valence-electron chi connectivity index (χ2n) is 7.90. The van der Waals surface area contributed by atoms with Crippen molar-refractivity contribution in [1.82, 2.24) is 14.9 Å². The van der Waals surface area contributed by atoms with Crippen molar-refractivity contribution in [3.05, 3.63) is 62.8 Å². The lowest BCUT2D eigenvalue weighted by atomic mass is 10.00. The molecule has 1 atom stereocenters. The SMILES string of the molecule is CCC(C)(C)NC(=O)[C@H](c1cccs1)N(C(=O)c1csnn1)c1cc(C)ccc1C. The second kappa shape index (κ2) is 9.06. The summed E-state index contributed by atoms with van der Waals surface area (Å²) in [5.74, 6) is -0.568. The monoisotopic (exact) mass is 442 g/mol. The number of anilines is 1. The van der Waals surface area contributed by atoms with E-state index < -0.39 is 11.6 Å². The van der Waals surface area contributed by atoms with Gasteiger partial charge in [0, 0.05) is 21.5 Å². The summed E-state index contributed by atoms with van der Waals surface area (Å²) in [6.07, 6.45) is 0.767. The quantitative estimate of drug-likeness (QED) is 0.564. The molecule has 2 amide bonds. The van der Waals surface area contributed by atoms with Crippen molar-refractivity contribution in [2.75, 3.05) is 4.90 Å². The zero-order valence-electron chi connectivity index (χ0n) is 17.8. The van der Waals surface area contributed by atoms with Crippen molar-refractivity contribution in [2.45, 2.75) is 52.6 Å². The number of hydrogen-bond acceptors (Lipinski definition) is 6. The number of thiophene rings is 1. The molecule has 0 spiro atoms. The molecular formula is C22H26N4O2S2. The molecular weight excluding hydrogens is 416 g/mol. The van der Waals surface area contributed by atoms with Gasteiger partial charge in [-0.15, -0.1) is 16.4 Å². The molecule has 8 heteroatoms. The zero-order valence-corrected chi connectivity index (χ0v) is 19.4. The maximum atomic E-state index is 13.6. The first kappa shape index (κ1) is 22.1. The molecule has 0 aliphatic rings. The predicted octanol–water partition coefficient (Wildman–Crippen LogP) is 4.91. The predicted molar refractivity (Wildman–Crippen MR) is 122 cm³/mol. The number of aryl methyl sites for hydroxylation is 2. The van der Waals surface area contributed by atoms with E-state index in [2.05, 4.69) is 14.9 Å². The van der Waals surface area contributed by atoms with Crippen LogP contribution >= 0.6 is 22.9 Å². The fourth-order valence-corrected chi connectivity index (χ4v) is 4.28. The molecule has 1 N–H and O–H groups in total. The third-order valence-electron chi connectivity index (χ3n) is 5.09. The maximum Gasteiger partial charge on any atom is 0.280 e. The van der Waals surface area contributed by atoms with Gasteiger partial charge in [-0.05, 0) is 74.3 Å². The number of benzene rings is 1. The van der Waals surface area contributed by atoms with Gasteiger partial charge < -0.3 is 5.32 Å². The Labute approximate surface area is 185 Å². The first-order valence-corrected chi connectivity index (χ1v) is 11.5.